The Labute approximate surface area is 224 Å². The fourth-order valence-corrected chi connectivity index (χ4v) is 6.15. The number of rotatable bonds is 9. The van der Waals surface area contributed by atoms with Crippen LogP contribution >= 0.6 is 0 Å². The molecule has 1 unspecified atom stereocenters. The summed E-state index contributed by atoms with van der Waals surface area (Å²) in [5, 5.41) is 5.64. The molecule has 0 saturated carbocycles. The lowest BCUT2D eigenvalue weighted by molar-refractivity contribution is 0.0181. The van der Waals surface area contributed by atoms with Crippen LogP contribution in [0.15, 0.2) is 16.7 Å². The number of fused-ring (bicyclic) bond motifs is 1. The molecular weight excluding hydrogens is 484 g/mol. The van der Waals surface area contributed by atoms with Crippen LogP contribution in [0.1, 0.15) is 83.7 Å². The lowest BCUT2D eigenvalue weighted by Gasteiger charge is -2.34. The van der Waals surface area contributed by atoms with Gasteiger partial charge in [-0.05, 0) is 88.9 Å². The third kappa shape index (κ3) is 8.04. The zero-order valence-corrected chi connectivity index (χ0v) is 25.6. The number of carbonyl (C=O) groups is 1. The molecule has 1 amide bonds. The zero-order valence-electron chi connectivity index (χ0n) is 24.5. The number of aryl methyl sites for hydroxylation is 1. The van der Waals surface area contributed by atoms with Gasteiger partial charge >= 0.3 is 6.09 Å². The SMILES string of the molecule is COCCc1ccc2c(CCC3CCN(C(=O)OC(C)(C)C)CC3)noc2c1C(O[SiH](C)C)C(C)(C)C. The summed E-state index contributed by atoms with van der Waals surface area (Å²) >= 11 is 0. The molecule has 2 aromatic rings. The van der Waals surface area contributed by atoms with Crippen molar-refractivity contribution in [2.45, 2.75) is 98.4 Å². The van der Waals surface area contributed by atoms with Gasteiger partial charge in [0.15, 0.2) is 14.6 Å². The number of methoxy groups -OCH3 is 1. The van der Waals surface area contributed by atoms with Crippen molar-refractivity contribution >= 4 is 26.1 Å². The minimum Gasteiger partial charge on any atom is -0.444 e. The van der Waals surface area contributed by atoms with Gasteiger partial charge in [-0.1, -0.05) is 32.0 Å². The summed E-state index contributed by atoms with van der Waals surface area (Å²) in [6.07, 6.45) is 4.41. The van der Waals surface area contributed by atoms with E-state index in [1.54, 1.807) is 7.11 Å². The second-order valence-corrected chi connectivity index (χ2v) is 15.1. The van der Waals surface area contributed by atoms with Gasteiger partial charge in [0.2, 0.25) is 0 Å². The normalized spacial score (nSPS) is 16.5. The molecule has 8 heteroatoms. The molecule has 208 valence electrons. The molecule has 1 atom stereocenters. The van der Waals surface area contributed by atoms with E-state index in [2.05, 4.69) is 51.2 Å². The number of hydrogen-bond acceptors (Lipinski definition) is 6. The molecule has 2 heterocycles. The number of carbonyl (C=O) groups excluding carboxylic acids is 1. The highest BCUT2D eigenvalue weighted by atomic mass is 28.3. The largest absolute Gasteiger partial charge is 0.444 e. The summed E-state index contributed by atoms with van der Waals surface area (Å²) in [7, 11) is 0.430. The Kier molecular flexibility index (Phi) is 9.86. The van der Waals surface area contributed by atoms with Crippen molar-refractivity contribution in [2.75, 3.05) is 26.8 Å². The van der Waals surface area contributed by atoms with Crippen LogP contribution in [0.4, 0.5) is 4.79 Å². The van der Waals surface area contributed by atoms with Gasteiger partial charge in [0.05, 0.1) is 18.4 Å². The number of benzene rings is 1. The molecule has 0 N–H and O–H groups in total. The second kappa shape index (κ2) is 12.3. The number of likely N-dealkylation sites (tertiary alicyclic amines) is 1. The van der Waals surface area contributed by atoms with Gasteiger partial charge in [-0.3, -0.25) is 0 Å². The topological polar surface area (TPSA) is 74.0 Å². The van der Waals surface area contributed by atoms with Crippen molar-refractivity contribution in [3.63, 3.8) is 0 Å². The van der Waals surface area contributed by atoms with E-state index in [9.17, 15) is 4.79 Å². The van der Waals surface area contributed by atoms with Gasteiger partial charge in [0, 0.05) is 31.1 Å². The first-order chi connectivity index (χ1) is 17.3. The summed E-state index contributed by atoms with van der Waals surface area (Å²) in [4.78, 5) is 14.2. The Bertz CT molecular complexity index is 1030. The van der Waals surface area contributed by atoms with Crippen molar-refractivity contribution in [1.29, 1.82) is 0 Å². The molecule has 37 heavy (non-hydrogen) atoms. The minimum absolute atomic E-state index is 0.0623. The Morgan fingerprint density at radius 3 is 2.38 bits per heavy atom. The smallest absolute Gasteiger partial charge is 0.410 e. The van der Waals surface area contributed by atoms with E-state index in [1.807, 2.05) is 25.7 Å². The average molecular weight is 533 g/mol. The van der Waals surface area contributed by atoms with Crippen molar-refractivity contribution in [1.82, 2.24) is 10.1 Å². The van der Waals surface area contributed by atoms with Gasteiger partial charge < -0.3 is 23.3 Å². The summed E-state index contributed by atoms with van der Waals surface area (Å²) in [6.45, 7) is 19.0. The van der Waals surface area contributed by atoms with Gasteiger partial charge in [0.25, 0.3) is 0 Å². The van der Waals surface area contributed by atoms with E-state index in [0.717, 1.165) is 67.4 Å². The molecule has 1 aromatic carbocycles. The number of nitrogens with zero attached hydrogens (tertiary/aromatic N) is 2. The molecule has 1 aliphatic rings. The number of aromatic nitrogens is 1. The second-order valence-electron chi connectivity index (χ2n) is 12.8. The van der Waals surface area contributed by atoms with E-state index in [1.165, 1.54) is 5.56 Å². The van der Waals surface area contributed by atoms with Crippen LogP contribution in [0.2, 0.25) is 13.1 Å². The van der Waals surface area contributed by atoms with Crippen LogP contribution in [0, 0.1) is 11.3 Å². The van der Waals surface area contributed by atoms with Crippen molar-refractivity contribution in [3.05, 3.63) is 29.0 Å². The molecule has 7 nitrogen and oxygen atoms in total. The van der Waals surface area contributed by atoms with Crippen molar-refractivity contribution < 1.29 is 23.2 Å². The summed E-state index contributed by atoms with van der Waals surface area (Å²) < 4.78 is 23.6. The van der Waals surface area contributed by atoms with Crippen LogP contribution in [-0.2, 0) is 26.7 Å². The van der Waals surface area contributed by atoms with E-state index < -0.39 is 14.6 Å². The molecule has 0 bridgehead atoms. The van der Waals surface area contributed by atoms with Gasteiger partial charge in [-0.2, -0.15) is 0 Å². The lowest BCUT2D eigenvalue weighted by Crippen LogP contribution is -2.41. The summed E-state index contributed by atoms with van der Waals surface area (Å²) in [5.41, 5.74) is 3.67. The van der Waals surface area contributed by atoms with E-state index in [0.29, 0.717) is 12.5 Å². The Morgan fingerprint density at radius 1 is 1.14 bits per heavy atom. The Balaban J connectivity index is 1.77. The molecule has 0 spiro atoms. The third-order valence-corrected chi connectivity index (χ3v) is 7.75. The van der Waals surface area contributed by atoms with Crippen molar-refractivity contribution in [2.24, 2.45) is 11.3 Å². The van der Waals surface area contributed by atoms with Gasteiger partial charge in [-0.25, -0.2) is 4.79 Å². The monoisotopic (exact) mass is 532 g/mol. The third-order valence-electron chi connectivity index (χ3n) is 6.93. The molecule has 1 saturated heterocycles. The predicted molar refractivity (Wildman–Crippen MR) is 151 cm³/mol. The molecule has 1 aromatic heterocycles. The summed E-state index contributed by atoms with van der Waals surface area (Å²) in [6, 6.07) is 4.37. The van der Waals surface area contributed by atoms with Crippen LogP contribution in [-0.4, -0.2) is 57.6 Å². The Hall–Kier alpha value is -1.90. The van der Waals surface area contributed by atoms with E-state index in [-0.39, 0.29) is 17.6 Å². The maximum absolute atomic E-state index is 12.4. The maximum atomic E-state index is 12.4. The van der Waals surface area contributed by atoms with Crippen LogP contribution in [0.5, 0.6) is 0 Å². The number of piperidine rings is 1. The zero-order chi connectivity index (χ0) is 27.4. The highest BCUT2D eigenvalue weighted by molar-refractivity contribution is 6.48. The minimum atomic E-state index is -1.31. The summed E-state index contributed by atoms with van der Waals surface area (Å²) in [5.74, 6) is 0.559. The fourth-order valence-electron chi connectivity index (χ4n) is 5.06. The van der Waals surface area contributed by atoms with E-state index >= 15 is 0 Å². The standard InChI is InChI=1S/C29H48N2O5Si/c1-28(2,3)26(36-37(8)9)24-21(16-19-33-7)11-12-22-23(30-35-25(22)24)13-10-20-14-17-31(18-15-20)27(32)34-29(4,5)6/h11-12,20,26,37H,10,13-19H2,1-9H3. The van der Waals surface area contributed by atoms with Crippen molar-refractivity contribution in [3.8, 4) is 0 Å². The number of amides is 1. The quantitative estimate of drug-likeness (QED) is 0.335. The molecule has 1 aliphatic heterocycles. The number of hydrogen-bond donors (Lipinski definition) is 0. The van der Waals surface area contributed by atoms with Gasteiger partial charge in [0.1, 0.15) is 5.60 Å². The Morgan fingerprint density at radius 2 is 1.81 bits per heavy atom. The number of ether oxygens (including phenoxy) is 2. The van der Waals surface area contributed by atoms with E-state index in [4.69, 9.17) is 18.4 Å². The lowest BCUT2D eigenvalue weighted by atomic mass is 9.81. The van der Waals surface area contributed by atoms with Gasteiger partial charge in [-0.15, -0.1) is 0 Å². The first-order valence-corrected chi connectivity index (χ1v) is 16.6. The van der Waals surface area contributed by atoms with Crippen LogP contribution in [0.25, 0.3) is 11.0 Å². The van der Waals surface area contributed by atoms with Crippen LogP contribution in [0.3, 0.4) is 0 Å². The molecule has 0 aliphatic carbocycles. The first kappa shape index (κ1) is 29.6. The predicted octanol–water partition coefficient (Wildman–Crippen LogP) is 6.68. The first-order valence-electron chi connectivity index (χ1n) is 13.8. The molecule has 1 fully saturated rings. The average Bonchev–Trinajstić information content (AvgIpc) is 3.21. The molecule has 0 radical (unpaired) electrons. The molecule has 3 rings (SSSR count). The molecular formula is C29H48N2O5Si. The maximum Gasteiger partial charge on any atom is 0.410 e. The fraction of sp³-hybridized carbons (Fsp3) is 0.724. The van der Waals surface area contributed by atoms with Crippen LogP contribution < -0.4 is 0 Å². The highest BCUT2D eigenvalue weighted by Crippen LogP contribution is 2.42. The highest BCUT2D eigenvalue weighted by Gasteiger charge is 2.33.